The van der Waals surface area contributed by atoms with Crippen LogP contribution in [0.15, 0.2) is 12.1 Å². The van der Waals surface area contributed by atoms with E-state index in [2.05, 4.69) is 4.74 Å². The number of nitrogens with two attached hydrogens (primary N) is 1. The Morgan fingerprint density at radius 1 is 1.56 bits per heavy atom. The second-order valence-electron chi connectivity index (χ2n) is 3.36. The molecule has 6 nitrogen and oxygen atoms in total. The zero-order valence-electron chi connectivity index (χ0n) is 9.02. The largest absolute Gasteiger partial charge is 0.469 e. The van der Waals surface area contributed by atoms with Gasteiger partial charge in [0.1, 0.15) is 0 Å². The first-order valence-corrected chi connectivity index (χ1v) is 4.56. The van der Waals surface area contributed by atoms with Crippen LogP contribution in [-0.4, -0.2) is 18.0 Å². The molecular weight excluding hydrogens is 212 g/mol. The molecule has 0 bridgehead atoms. The number of hydrogen-bond donors (Lipinski definition) is 1. The number of nitro benzene ring substituents is 1. The van der Waals surface area contributed by atoms with E-state index in [1.165, 1.54) is 19.2 Å². The minimum absolute atomic E-state index is 0.0837. The van der Waals surface area contributed by atoms with Crippen LogP contribution in [-0.2, 0) is 16.0 Å². The lowest BCUT2D eigenvalue weighted by atomic mass is 10.0. The Morgan fingerprint density at radius 2 is 2.19 bits per heavy atom. The molecule has 2 N–H and O–H groups in total. The van der Waals surface area contributed by atoms with E-state index in [4.69, 9.17) is 5.73 Å². The lowest BCUT2D eigenvalue weighted by Gasteiger charge is -2.06. The summed E-state index contributed by atoms with van der Waals surface area (Å²) in [5.74, 6) is -0.534. The van der Waals surface area contributed by atoms with Gasteiger partial charge < -0.3 is 10.5 Å². The number of nitro groups is 1. The quantitative estimate of drug-likeness (QED) is 0.360. The molecule has 0 spiro atoms. The van der Waals surface area contributed by atoms with Crippen LogP contribution in [0.4, 0.5) is 11.4 Å². The van der Waals surface area contributed by atoms with Gasteiger partial charge in [0.25, 0.3) is 5.69 Å². The van der Waals surface area contributed by atoms with Crippen LogP contribution < -0.4 is 5.73 Å². The Morgan fingerprint density at radius 3 is 2.69 bits per heavy atom. The second kappa shape index (κ2) is 4.61. The number of hydrogen-bond acceptors (Lipinski definition) is 5. The number of rotatable bonds is 3. The summed E-state index contributed by atoms with van der Waals surface area (Å²) in [5, 5.41) is 10.8. The molecule has 0 saturated heterocycles. The van der Waals surface area contributed by atoms with Gasteiger partial charge in [-0.25, -0.2) is 0 Å². The second-order valence-corrected chi connectivity index (χ2v) is 3.36. The summed E-state index contributed by atoms with van der Waals surface area (Å²) in [6, 6.07) is 2.92. The van der Waals surface area contributed by atoms with Crippen LogP contribution >= 0.6 is 0 Å². The standard InChI is InChI=1S/C10H12N2O4/c1-6-3-8(11)4-7(5-9(13)16-2)10(6)12(14)15/h3-4H,5,11H2,1-2H3. The Balaban J connectivity index is 3.24. The highest BCUT2D eigenvalue weighted by atomic mass is 16.6. The molecule has 1 aromatic carbocycles. The summed E-state index contributed by atoms with van der Waals surface area (Å²) in [5.41, 5.74) is 6.58. The molecule has 0 aliphatic carbocycles. The molecule has 86 valence electrons. The van der Waals surface area contributed by atoms with Gasteiger partial charge in [0.05, 0.1) is 18.5 Å². The molecule has 1 rings (SSSR count). The number of nitrogens with zero attached hydrogens (tertiary/aromatic N) is 1. The molecule has 0 unspecified atom stereocenters. The third kappa shape index (κ3) is 2.47. The first kappa shape index (κ1) is 12.0. The minimum Gasteiger partial charge on any atom is -0.469 e. The molecule has 0 aliphatic heterocycles. The van der Waals surface area contributed by atoms with Crippen molar-refractivity contribution in [3.8, 4) is 0 Å². The highest BCUT2D eigenvalue weighted by Crippen LogP contribution is 2.26. The Labute approximate surface area is 92.2 Å². The van der Waals surface area contributed by atoms with Crippen LogP contribution in [0.5, 0.6) is 0 Å². The number of esters is 1. The summed E-state index contributed by atoms with van der Waals surface area (Å²) in [7, 11) is 1.23. The van der Waals surface area contributed by atoms with Crippen molar-refractivity contribution in [3.63, 3.8) is 0 Å². The van der Waals surface area contributed by atoms with Crippen LogP contribution in [0.2, 0.25) is 0 Å². The van der Waals surface area contributed by atoms with E-state index in [0.29, 0.717) is 11.3 Å². The predicted molar refractivity (Wildman–Crippen MR) is 58.0 cm³/mol. The van der Waals surface area contributed by atoms with Crippen molar-refractivity contribution in [3.05, 3.63) is 33.4 Å². The number of nitrogen functional groups attached to an aromatic ring is 1. The fraction of sp³-hybridized carbons (Fsp3) is 0.300. The molecule has 16 heavy (non-hydrogen) atoms. The molecule has 0 saturated carbocycles. The maximum atomic E-state index is 11.1. The molecule has 0 aromatic heterocycles. The number of benzene rings is 1. The van der Waals surface area contributed by atoms with E-state index in [9.17, 15) is 14.9 Å². The molecule has 1 aromatic rings. The lowest BCUT2D eigenvalue weighted by molar-refractivity contribution is -0.386. The molecule has 0 amide bonds. The summed E-state index contributed by atoms with van der Waals surface area (Å²) >= 11 is 0. The van der Waals surface area contributed by atoms with Gasteiger partial charge in [0.2, 0.25) is 0 Å². The van der Waals surface area contributed by atoms with Gasteiger partial charge in [-0.3, -0.25) is 14.9 Å². The molecule has 0 heterocycles. The van der Waals surface area contributed by atoms with Crippen molar-refractivity contribution < 1.29 is 14.5 Å². The van der Waals surface area contributed by atoms with Gasteiger partial charge in [0, 0.05) is 16.8 Å². The van der Waals surface area contributed by atoms with Crippen molar-refractivity contribution >= 4 is 17.3 Å². The summed E-state index contributed by atoms with van der Waals surface area (Å²) in [6.07, 6.45) is -0.154. The van der Waals surface area contributed by atoms with Crippen molar-refractivity contribution in [2.75, 3.05) is 12.8 Å². The molecular formula is C10H12N2O4. The molecule has 0 fully saturated rings. The maximum Gasteiger partial charge on any atom is 0.310 e. The molecule has 0 aliphatic rings. The lowest BCUT2D eigenvalue weighted by Crippen LogP contribution is -2.08. The average Bonchev–Trinajstić information content (AvgIpc) is 2.15. The van der Waals surface area contributed by atoms with E-state index < -0.39 is 10.9 Å². The SMILES string of the molecule is COC(=O)Cc1cc(N)cc(C)c1[N+](=O)[O-]. The normalized spacial score (nSPS) is 9.88. The Kier molecular flexibility index (Phi) is 3.44. The fourth-order valence-electron chi connectivity index (χ4n) is 1.51. The molecule has 0 atom stereocenters. The van der Waals surface area contributed by atoms with Gasteiger partial charge in [-0.2, -0.15) is 0 Å². The van der Waals surface area contributed by atoms with Gasteiger partial charge in [-0.05, 0) is 19.1 Å². The highest BCUT2D eigenvalue weighted by molar-refractivity contribution is 5.75. The number of carbonyl (C=O) groups excluding carboxylic acids is 1. The van der Waals surface area contributed by atoms with Crippen LogP contribution in [0, 0.1) is 17.0 Å². The summed E-state index contributed by atoms with van der Waals surface area (Å²) in [4.78, 5) is 21.4. The van der Waals surface area contributed by atoms with E-state index in [1.54, 1.807) is 6.92 Å². The highest BCUT2D eigenvalue weighted by Gasteiger charge is 2.20. The third-order valence-corrected chi connectivity index (χ3v) is 2.15. The van der Waals surface area contributed by atoms with E-state index in [-0.39, 0.29) is 17.7 Å². The van der Waals surface area contributed by atoms with Crippen molar-refractivity contribution in [1.29, 1.82) is 0 Å². The van der Waals surface area contributed by atoms with Crippen LogP contribution in [0.25, 0.3) is 0 Å². The van der Waals surface area contributed by atoms with Crippen LogP contribution in [0.1, 0.15) is 11.1 Å². The van der Waals surface area contributed by atoms with Gasteiger partial charge in [-0.1, -0.05) is 0 Å². The third-order valence-electron chi connectivity index (χ3n) is 2.15. The van der Waals surface area contributed by atoms with Crippen molar-refractivity contribution in [1.82, 2.24) is 0 Å². The van der Waals surface area contributed by atoms with E-state index in [0.717, 1.165) is 0 Å². The van der Waals surface area contributed by atoms with Gasteiger partial charge in [-0.15, -0.1) is 0 Å². The monoisotopic (exact) mass is 224 g/mol. The van der Waals surface area contributed by atoms with Gasteiger partial charge >= 0.3 is 5.97 Å². The summed E-state index contributed by atoms with van der Waals surface area (Å²) < 4.78 is 4.47. The number of aryl methyl sites for hydroxylation is 1. The van der Waals surface area contributed by atoms with Crippen molar-refractivity contribution in [2.24, 2.45) is 0 Å². The number of methoxy groups -OCH3 is 1. The topological polar surface area (TPSA) is 95.5 Å². The summed E-state index contributed by atoms with van der Waals surface area (Å²) in [6.45, 7) is 1.58. The molecule has 6 heteroatoms. The van der Waals surface area contributed by atoms with E-state index >= 15 is 0 Å². The predicted octanol–water partition coefficient (Wildman–Crippen LogP) is 1.20. The smallest absolute Gasteiger partial charge is 0.310 e. The van der Waals surface area contributed by atoms with Crippen molar-refractivity contribution in [2.45, 2.75) is 13.3 Å². The zero-order chi connectivity index (χ0) is 12.3. The minimum atomic E-state index is -0.534. The number of anilines is 1. The van der Waals surface area contributed by atoms with Gasteiger partial charge in [0.15, 0.2) is 0 Å². The van der Waals surface area contributed by atoms with E-state index in [1.807, 2.05) is 0 Å². The Bertz CT molecular complexity index is 443. The first-order valence-electron chi connectivity index (χ1n) is 4.56. The average molecular weight is 224 g/mol. The van der Waals surface area contributed by atoms with Crippen LogP contribution in [0.3, 0.4) is 0 Å². The first-order chi connectivity index (χ1) is 7.45. The Hall–Kier alpha value is -2.11. The maximum absolute atomic E-state index is 11.1. The number of carbonyl (C=O) groups is 1. The number of ether oxygens (including phenoxy) is 1. The fourth-order valence-corrected chi connectivity index (χ4v) is 1.51. The molecule has 0 radical (unpaired) electrons. The zero-order valence-corrected chi connectivity index (χ0v) is 9.02.